The van der Waals surface area contributed by atoms with E-state index >= 15 is 0 Å². The molecule has 0 aromatic carbocycles. The highest BCUT2D eigenvalue weighted by molar-refractivity contribution is 7.07. The van der Waals surface area contributed by atoms with Gasteiger partial charge in [-0.1, -0.05) is 18.4 Å². The number of aromatic amines is 1. The number of thiazole rings is 1. The summed E-state index contributed by atoms with van der Waals surface area (Å²) in [6.07, 6.45) is 2.90. The van der Waals surface area contributed by atoms with Crippen molar-refractivity contribution in [3.63, 3.8) is 0 Å². The predicted octanol–water partition coefficient (Wildman–Crippen LogP) is 1.16. The van der Waals surface area contributed by atoms with E-state index in [9.17, 15) is 19.6 Å². The molecule has 0 atom stereocenters. The van der Waals surface area contributed by atoms with Crippen molar-refractivity contribution in [3.05, 3.63) is 54.7 Å². The molecule has 0 radical (unpaired) electrons. The smallest absolute Gasteiger partial charge is 0.352 e. The Balaban J connectivity index is 2.80. The van der Waals surface area contributed by atoms with Crippen LogP contribution in [0.4, 0.5) is 0 Å². The van der Waals surface area contributed by atoms with E-state index in [1.807, 2.05) is 6.07 Å². The van der Waals surface area contributed by atoms with Gasteiger partial charge >= 0.3 is 11.9 Å². The summed E-state index contributed by atoms with van der Waals surface area (Å²) in [4.78, 5) is 40.1. The molecule has 0 bridgehead atoms. The Bertz CT molecular complexity index is 1260. The van der Waals surface area contributed by atoms with E-state index < -0.39 is 17.5 Å². The first kappa shape index (κ1) is 22.7. The minimum absolute atomic E-state index is 0.0486. The summed E-state index contributed by atoms with van der Waals surface area (Å²) in [5.41, 5.74) is 4.48. The van der Waals surface area contributed by atoms with Gasteiger partial charge in [-0.05, 0) is 26.8 Å². The minimum Gasteiger partial charge on any atom is -0.465 e. The number of ether oxygens (including phenoxy) is 2. The molecule has 30 heavy (non-hydrogen) atoms. The third-order valence-corrected chi connectivity index (χ3v) is 5.34. The third kappa shape index (κ3) is 4.35. The second-order valence-corrected chi connectivity index (χ2v) is 7.10. The SMILES string of the molecule is C=CCOC(=O)/C(C#N)=c1\sc(=C=Cc2c(C)[nH]c(C)c2C(=O)OC)c(=O)n1CC. The zero-order valence-corrected chi connectivity index (χ0v) is 17.9. The van der Waals surface area contributed by atoms with Crippen molar-refractivity contribution in [1.29, 1.82) is 5.26 Å². The summed E-state index contributed by atoms with van der Waals surface area (Å²) in [7, 11) is 1.29. The van der Waals surface area contributed by atoms with Crippen molar-refractivity contribution in [3.8, 4) is 6.07 Å². The van der Waals surface area contributed by atoms with Crippen LogP contribution in [0.5, 0.6) is 0 Å². The monoisotopic (exact) mass is 427 g/mol. The third-order valence-electron chi connectivity index (χ3n) is 4.22. The molecule has 2 aromatic heterocycles. The van der Waals surface area contributed by atoms with Gasteiger partial charge in [-0.3, -0.25) is 9.36 Å². The second kappa shape index (κ2) is 9.74. The number of hydrogen-bond acceptors (Lipinski definition) is 7. The predicted molar refractivity (Wildman–Crippen MR) is 113 cm³/mol. The van der Waals surface area contributed by atoms with Gasteiger partial charge < -0.3 is 14.5 Å². The number of carbonyl (C=O) groups is 2. The lowest BCUT2D eigenvalue weighted by atomic mass is 10.1. The number of methoxy groups -OCH3 is 1. The Labute approximate surface area is 176 Å². The molecule has 0 saturated heterocycles. The first-order valence-corrected chi connectivity index (χ1v) is 9.78. The highest BCUT2D eigenvalue weighted by Crippen LogP contribution is 2.20. The van der Waals surface area contributed by atoms with E-state index in [0.29, 0.717) is 22.5 Å². The van der Waals surface area contributed by atoms with E-state index in [0.717, 1.165) is 11.3 Å². The van der Waals surface area contributed by atoms with Crippen LogP contribution in [0.15, 0.2) is 17.4 Å². The number of nitriles is 1. The Morgan fingerprint density at radius 1 is 1.33 bits per heavy atom. The molecule has 0 aliphatic heterocycles. The first-order chi connectivity index (χ1) is 14.3. The number of esters is 2. The van der Waals surface area contributed by atoms with Gasteiger partial charge in [-0.25, -0.2) is 9.59 Å². The quantitative estimate of drug-likeness (QED) is 0.547. The van der Waals surface area contributed by atoms with Crippen LogP contribution in [0.25, 0.3) is 17.4 Å². The molecule has 0 saturated carbocycles. The van der Waals surface area contributed by atoms with Crippen molar-refractivity contribution >= 4 is 40.7 Å². The number of carbonyl (C=O) groups excluding carboxylic acids is 2. The van der Waals surface area contributed by atoms with Gasteiger partial charge in [0.25, 0.3) is 5.56 Å². The molecule has 156 valence electrons. The number of hydrogen-bond donors (Lipinski definition) is 1. The van der Waals surface area contributed by atoms with E-state index in [4.69, 9.17) is 9.47 Å². The van der Waals surface area contributed by atoms with Gasteiger partial charge in [0.15, 0.2) is 5.57 Å². The maximum atomic E-state index is 12.8. The van der Waals surface area contributed by atoms with Crippen molar-refractivity contribution in [2.75, 3.05) is 13.7 Å². The molecule has 0 fully saturated rings. The fourth-order valence-corrected chi connectivity index (χ4v) is 3.91. The fourth-order valence-electron chi connectivity index (χ4n) is 2.85. The lowest BCUT2D eigenvalue weighted by Gasteiger charge is -2.00. The Morgan fingerprint density at radius 2 is 2.03 bits per heavy atom. The molecule has 1 N–H and O–H groups in total. The van der Waals surface area contributed by atoms with Gasteiger partial charge in [0.05, 0.1) is 12.7 Å². The summed E-state index contributed by atoms with van der Waals surface area (Å²) >= 11 is 0.953. The van der Waals surface area contributed by atoms with Crippen molar-refractivity contribution in [2.45, 2.75) is 27.3 Å². The van der Waals surface area contributed by atoms with Crippen LogP contribution in [0.1, 0.15) is 34.2 Å². The molecular formula is C21H21N3O5S. The summed E-state index contributed by atoms with van der Waals surface area (Å²) in [5.74, 6) is -1.34. The van der Waals surface area contributed by atoms with E-state index in [-0.39, 0.29) is 27.9 Å². The number of nitrogens with one attached hydrogen (secondary N) is 1. The molecular weight excluding hydrogens is 406 g/mol. The Kier molecular flexibility index (Phi) is 7.37. The normalized spacial score (nSPS) is 11.2. The maximum Gasteiger partial charge on any atom is 0.352 e. The first-order valence-electron chi connectivity index (χ1n) is 8.96. The van der Waals surface area contributed by atoms with E-state index in [1.165, 1.54) is 23.8 Å². The van der Waals surface area contributed by atoms with Crippen LogP contribution in [0.2, 0.25) is 0 Å². The number of aromatic nitrogens is 2. The highest BCUT2D eigenvalue weighted by atomic mass is 32.1. The van der Waals surface area contributed by atoms with Gasteiger partial charge in [0.1, 0.15) is 21.9 Å². The van der Waals surface area contributed by atoms with Crippen LogP contribution < -0.4 is 14.8 Å². The molecule has 2 rings (SSSR count). The van der Waals surface area contributed by atoms with Crippen LogP contribution in [-0.2, 0) is 20.8 Å². The van der Waals surface area contributed by atoms with Crippen LogP contribution >= 0.6 is 11.3 Å². The van der Waals surface area contributed by atoms with Crippen LogP contribution in [0, 0.1) is 25.2 Å². The Morgan fingerprint density at radius 3 is 2.60 bits per heavy atom. The lowest BCUT2D eigenvalue weighted by Crippen LogP contribution is -2.32. The molecule has 0 unspecified atom stereocenters. The summed E-state index contributed by atoms with van der Waals surface area (Å²) < 4.78 is 11.4. The largest absolute Gasteiger partial charge is 0.465 e. The minimum atomic E-state index is -0.832. The van der Waals surface area contributed by atoms with Gasteiger partial charge in [-0.2, -0.15) is 5.26 Å². The van der Waals surface area contributed by atoms with Gasteiger partial charge in [0, 0.05) is 23.5 Å². The number of nitrogens with zero attached hydrogens (tertiary/aromatic N) is 2. The Hall–Kier alpha value is -3.60. The average Bonchev–Trinajstić information content (AvgIpc) is 3.19. The average molecular weight is 427 g/mol. The molecule has 0 amide bonds. The molecule has 0 aliphatic carbocycles. The van der Waals surface area contributed by atoms with Crippen molar-refractivity contribution in [2.24, 2.45) is 0 Å². The van der Waals surface area contributed by atoms with Crippen LogP contribution in [-0.4, -0.2) is 35.2 Å². The molecule has 2 aromatic rings. The number of aryl methyl sites for hydroxylation is 2. The summed E-state index contributed by atoms with van der Waals surface area (Å²) in [6.45, 7) is 8.92. The molecule has 8 nitrogen and oxygen atoms in total. The maximum absolute atomic E-state index is 12.8. The lowest BCUT2D eigenvalue weighted by molar-refractivity contribution is -0.135. The zero-order valence-electron chi connectivity index (χ0n) is 17.1. The standard InChI is InChI=1S/C21H21N3O5S/c1-6-10-29-20(26)15(11-22)19-24(7-2)18(25)16(30-19)9-8-14-12(3)23-13(4)17(14)21(27)28-5/h6,8,23H,1,7,10H2,2-5H3/b19-15-. The van der Waals surface area contributed by atoms with Crippen LogP contribution in [0.3, 0.4) is 0 Å². The molecule has 2 heterocycles. The van der Waals surface area contributed by atoms with Gasteiger partial charge in [-0.15, -0.1) is 11.3 Å². The second-order valence-electron chi connectivity index (χ2n) is 6.10. The molecule has 0 aliphatic rings. The summed E-state index contributed by atoms with van der Waals surface area (Å²) in [5, 5.41) is 9.43. The molecule has 9 heteroatoms. The fraction of sp³-hybridized carbons (Fsp3) is 0.286. The number of rotatable bonds is 6. The topological polar surface area (TPSA) is 114 Å². The van der Waals surface area contributed by atoms with E-state index in [1.54, 1.807) is 20.8 Å². The number of H-pyrrole nitrogens is 1. The highest BCUT2D eigenvalue weighted by Gasteiger charge is 2.19. The molecule has 0 spiro atoms. The summed E-state index contributed by atoms with van der Waals surface area (Å²) in [6, 6.07) is 1.81. The van der Waals surface area contributed by atoms with Crippen molar-refractivity contribution in [1.82, 2.24) is 9.55 Å². The van der Waals surface area contributed by atoms with Crippen molar-refractivity contribution < 1.29 is 19.1 Å². The van der Waals surface area contributed by atoms with E-state index in [2.05, 4.69) is 17.3 Å². The zero-order chi connectivity index (χ0) is 22.4. The van der Waals surface area contributed by atoms with Gasteiger partial charge in [0.2, 0.25) is 0 Å².